The highest BCUT2D eigenvalue weighted by Gasteiger charge is 2.31. The Morgan fingerprint density at radius 2 is 2.07 bits per heavy atom. The SMILES string of the molecule is CCN(Cc1cccc(-c2nc3c(c(=O)[nH]2)CCCC3)c1)C1CCS(=O)(=O)C1. The van der Waals surface area contributed by atoms with Gasteiger partial charge in [0.2, 0.25) is 0 Å². The first kappa shape index (κ1) is 19.3. The molecule has 1 N–H and O–H groups in total. The largest absolute Gasteiger partial charge is 0.306 e. The fourth-order valence-corrected chi connectivity index (χ4v) is 6.12. The molecule has 0 spiro atoms. The maximum absolute atomic E-state index is 12.4. The van der Waals surface area contributed by atoms with Gasteiger partial charge in [0.05, 0.1) is 17.2 Å². The molecule has 0 bridgehead atoms. The molecule has 1 aromatic heterocycles. The third kappa shape index (κ3) is 4.05. The van der Waals surface area contributed by atoms with E-state index in [1.165, 1.54) is 0 Å². The van der Waals surface area contributed by atoms with Crippen LogP contribution >= 0.6 is 0 Å². The van der Waals surface area contributed by atoms with E-state index in [9.17, 15) is 13.2 Å². The predicted octanol–water partition coefficient (Wildman–Crippen LogP) is 2.32. The molecule has 0 saturated carbocycles. The first-order valence-corrected chi connectivity index (χ1v) is 11.9. The molecule has 1 aliphatic carbocycles. The second kappa shape index (κ2) is 7.79. The summed E-state index contributed by atoms with van der Waals surface area (Å²) in [5.74, 6) is 1.16. The third-order valence-corrected chi connectivity index (χ3v) is 7.66. The van der Waals surface area contributed by atoms with Gasteiger partial charge in [0.1, 0.15) is 5.82 Å². The summed E-state index contributed by atoms with van der Waals surface area (Å²) in [6, 6.07) is 8.13. The topological polar surface area (TPSA) is 83.1 Å². The Morgan fingerprint density at radius 1 is 1.25 bits per heavy atom. The van der Waals surface area contributed by atoms with E-state index in [1.54, 1.807) is 0 Å². The van der Waals surface area contributed by atoms with E-state index in [0.717, 1.165) is 54.6 Å². The number of aromatic amines is 1. The standard InChI is InChI=1S/C21H27N3O3S/c1-2-24(17-10-11-28(26,27)14-17)13-15-6-5-7-16(12-15)20-22-19-9-4-3-8-18(19)21(25)23-20/h5-7,12,17H,2-4,8-11,13-14H2,1H3,(H,22,23,25). The minimum absolute atomic E-state index is 0.0172. The fourth-order valence-electron chi connectivity index (χ4n) is 4.35. The molecule has 2 aromatic rings. The Labute approximate surface area is 165 Å². The summed E-state index contributed by atoms with van der Waals surface area (Å²) < 4.78 is 23.7. The van der Waals surface area contributed by atoms with Crippen molar-refractivity contribution in [2.24, 2.45) is 0 Å². The number of sulfone groups is 1. The van der Waals surface area contributed by atoms with Gasteiger partial charge < -0.3 is 4.98 Å². The van der Waals surface area contributed by atoms with E-state index in [-0.39, 0.29) is 23.1 Å². The fraction of sp³-hybridized carbons (Fsp3) is 0.524. The van der Waals surface area contributed by atoms with Gasteiger partial charge in [-0.05, 0) is 50.3 Å². The minimum Gasteiger partial charge on any atom is -0.306 e. The summed E-state index contributed by atoms with van der Waals surface area (Å²) in [7, 11) is -2.90. The van der Waals surface area contributed by atoms with Crippen LogP contribution in [0.15, 0.2) is 29.1 Å². The zero-order chi connectivity index (χ0) is 19.7. The molecule has 4 rings (SSSR count). The number of nitrogens with zero attached hydrogens (tertiary/aromatic N) is 2. The third-order valence-electron chi connectivity index (χ3n) is 5.91. The van der Waals surface area contributed by atoms with Gasteiger partial charge in [-0.1, -0.05) is 25.1 Å². The molecule has 1 unspecified atom stereocenters. The normalized spacial score (nSPS) is 21.0. The number of nitrogens with one attached hydrogen (secondary N) is 1. The summed E-state index contributed by atoms with van der Waals surface area (Å²) in [4.78, 5) is 22.4. The van der Waals surface area contributed by atoms with Crippen molar-refractivity contribution >= 4 is 9.84 Å². The zero-order valence-corrected chi connectivity index (χ0v) is 17.1. The van der Waals surface area contributed by atoms with E-state index in [4.69, 9.17) is 4.98 Å². The van der Waals surface area contributed by atoms with Crippen LogP contribution in [-0.2, 0) is 29.2 Å². The molecule has 1 saturated heterocycles. The van der Waals surface area contributed by atoms with Crippen molar-refractivity contribution in [2.75, 3.05) is 18.1 Å². The van der Waals surface area contributed by atoms with Crippen LogP contribution in [0.5, 0.6) is 0 Å². The Kier molecular flexibility index (Phi) is 5.38. The van der Waals surface area contributed by atoms with E-state index in [0.29, 0.717) is 18.8 Å². The second-order valence-corrected chi connectivity index (χ2v) is 10.1. The Bertz CT molecular complexity index is 1030. The summed E-state index contributed by atoms with van der Waals surface area (Å²) in [6.07, 6.45) is 4.52. The van der Waals surface area contributed by atoms with Crippen molar-refractivity contribution in [3.05, 3.63) is 51.4 Å². The lowest BCUT2D eigenvalue weighted by Gasteiger charge is -2.26. The predicted molar refractivity (Wildman–Crippen MR) is 110 cm³/mol. The van der Waals surface area contributed by atoms with Gasteiger partial charge in [-0.2, -0.15) is 0 Å². The van der Waals surface area contributed by atoms with Gasteiger partial charge in [0.15, 0.2) is 9.84 Å². The summed E-state index contributed by atoms with van der Waals surface area (Å²) in [6.45, 7) is 3.56. The molecule has 1 atom stereocenters. The lowest BCUT2D eigenvalue weighted by Crippen LogP contribution is -2.35. The van der Waals surface area contributed by atoms with Crippen LogP contribution in [0.25, 0.3) is 11.4 Å². The van der Waals surface area contributed by atoms with Crippen LogP contribution < -0.4 is 5.56 Å². The molecule has 1 aromatic carbocycles. The van der Waals surface area contributed by atoms with Crippen LogP contribution in [0.1, 0.15) is 43.0 Å². The smallest absolute Gasteiger partial charge is 0.254 e. The summed E-state index contributed by atoms with van der Waals surface area (Å²) in [5.41, 5.74) is 3.76. The van der Waals surface area contributed by atoms with Gasteiger partial charge in [-0.15, -0.1) is 0 Å². The summed E-state index contributed by atoms with van der Waals surface area (Å²) >= 11 is 0. The van der Waals surface area contributed by atoms with Crippen LogP contribution in [-0.4, -0.2) is 47.4 Å². The molecule has 6 nitrogen and oxygen atoms in total. The molecular formula is C21H27N3O3S. The Hall–Kier alpha value is -1.99. The molecule has 2 aliphatic rings. The molecule has 2 heterocycles. The molecule has 150 valence electrons. The zero-order valence-electron chi connectivity index (χ0n) is 16.3. The summed E-state index contributed by atoms with van der Waals surface area (Å²) in [5, 5.41) is 0. The van der Waals surface area contributed by atoms with E-state index in [2.05, 4.69) is 22.9 Å². The van der Waals surface area contributed by atoms with Crippen LogP contribution in [0, 0.1) is 0 Å². The quantitative estimate of drug-likeness (QED) is 0.831. The molecule has 1 fully saturated rings. The number of aryl methyl sites for hydroxylation is 1. The monoisotopic (exact) mass is 401 g/mol. The van der Waals surface area contributed by atoms with Gasteiger partial charge in [0.25, 0.3) is 5.56 Å². The second-order valence-electron chi connectivity index (χ2n) is 7.87. The van der Waals surface area contributed by atoms with E-state index >= 15 is 0 Å². The number of rotatable bonds is 5. The Morgan fingerprint density at radius 3 is 2.82 bits per heavy atom. The lowest BCUT2D eigenvalue weighted by molar-refractivity contribution is 0.215. The number of hydrogen-bond acceptors (Lipinski definition) is 5. The van der Waals surface area contributed by atoms with E-state index < -0.39 is 9.84 Å². The number of hydrogen-bond donors (Lipinski definition) is 1. The first-order valence-electron chi connectivity index (χ1n) is 10.1. The van der Waals surface area contributed by atoms with Crippen LogP contribution in [0.4, 0.5) is 0 Å². The maximum Gasteiger partial charge on any atom is 0.254 e. The van der Waals surface area contributed by atoms with Gasteiger partial charge in [-0.3, -0.25) is 9.69 Å². The van der Waals surface area contributed by atoms with Gasteiger partial charge in [0, 0.05) is 23.7 Å². The van der Waals surface area contributed by atoms with Crippen molar-refractivity contribution < 1.29 is 8.42 Å². The lowest BCUT2D eigenvalue weighted by atomic mass is 9.97. The van der Waals surface area contributed by atoms with Crippen LogP contribution in [0.3, 0.4) is 0 Å². The number of benzene rings is 1. The number of fused-ring (bicyclic) bond motifs is 1. The molecule has 0 amide bonds. The average Bonchev–Trinajstić information content (AvgIpc) is 3.06. The molecule has 28 heavy (non-hydrogen) atoms. The number of aromatic nitrogens is 2. The van der Waals surface area contributed by atoms with Crippen LogP contribution in [0.2, 0.25) is 0 Å². The van der Waals surface area contributed by atoms with E-state index in [1.807, 2.05) is 18.2 Å². The van der Waals surface area contributed by atoms with Crippen molar-refractivity contribution in [3.8, 4) is 11.4 Å². The Balaban J connectivity index is 1.58. The average molecular weight is 402 g/mol. The van der Waals surface area contributed by atoms with Crippen molar-refractivity contribution in [2.45, 2.75) is 51.6 Å². The van der Waals surface area contributed by atoms with Gasteiger partial charge >= 0.3 is 0 Å². The maximum atomic E-state index is 12.4. The van der Waals surface area contributed by atoms with Crippen molar-refractivity contribution in [3.63, 3.8) is 0 Å². The van der Waals surface area contributed by atoms with Crippen molar-refractivity contribution in [1.29, 1.82) is 0 Å². The number of H-pyrrole nitrogens is 1. The highest BCUT2D eigenvalue weighted by atomic mass is 32.2. The highest BCUT2D eigenvalue weighted by Crippen LogP contribution is 2.23. The van der Waals surface area contributed by atoms with Gasteiger partial charge in [-0.25, -0.2) is 13.4 Å². The van der Waals surface area contributed by atoms with Crippen molar-refractivity contribution in [1.82, 2.24) is 14.9 Å². The molecular weight excluding hydrogens is 374 g/mol. The highest BCUT2D eigenvalue weighted by molar-refractivity contribution is 7.91. The molecule has 7 heteroatoms. The minimum atomic E-state index is -2.90. The first-order chi connectivity index (χ1) is 13.4. The molecule has 1 aliphatic heterocycles. The molecule has 0 radical (unpaired) electrons.